The molecule has 0 radical (unpaired) electrons. The van der Waals surface area contributed by atoms with Crippen molar-refractivity contribution in [3.8, 4) is 0 Å². The molecule has 1 aliphatic carbocycles. The number of anilines is 1. The van der Waals surface area contributed by atoms with Gasteiger partial charge in [-0.2, -0.15) is 4.31 Å². The molecule has 6 nitrogen and oxygen atoms in total. The first-order valence-electron chi connectivity index (χ1n) is 9.54. The third-order valence-electron chi connectivity index (χ3n) is 5.58. The van der Waals surface area contributed by atoms with Crippen LogP contribution in [0.4, 0.5) is 5.69 Å². The minimum absolute atomic E-state index is 0.220. The molecule has 2 fully saturated rings. The summed E-state index contributed by atoms with van der Waals surface area (Å²) in [4.78, 5) is 12.9. The fraction of sp³-hybridized carbons (Fsp3) is 0.632. The highest BCUT2D eigenvalue weighted by Crippen LogP contribution is 2.29. The maximum Gasteiger partial charge on any atom is 0.244 e. The summed E-state index contributed by atoms with van der Waals surface area (Å²) in [6.45, 7) is 2.91. The number of carbonyl (C=O) groups is 1. The zero-order valence-electron chi connectivity index (χ0n) is 15.5. The van der Waals surface area contributed by atoms with Gasteiger partial charge in [-0.25, -0.2) is 8.42 Å². The third-order valence-corrected chi connectivity index (χ3v) is 7.62. The molecule has 0 unspecified atom stereocenters. The SMILES string of the molecule is Cc1ccc(NC(=O)C2(N)CCCCC2)cc1S(=O)(=O)N1CCCCC1. The Balaban J connectivity index is 1.82. The molecule has 1 saturated heterocycles. The average molecular weight is 380 g/mol. The van der Waals surface area contributed by atoms with E-state index in [4.69, 9.17) is 5.73 Å². The maximum atomic E-state index is 13.0. The molecule has 1 aromatic carbocycles. The van der Waals surface area contributed by atoms with Crippen molar-refractivity contribution in [1.29, 1.82) is 0 Å². The quantitative estimate of drug-likeness (QED) is 0.841. The van der Waals surface area contributed by atoms with Gasteiger partial charge in [-0.05, 0) is 50.3 Å². The van der Waals surface area contributed by atoms with Gasteiger partial charge in [-0.15, -0.1) is 0 Å². The lowest BCUT2D eigenvalue weighted by molar-refractivity contribution is -0.122. The predicted molar refractivity (Wildman–Crippen MR) is 102 cm³/mol. The molecule has 1 aliphatic heterocycles. The third kappa shape index (κ3) is 3.94. The number of hydrogen-bond donors (Lipinski definition) is 2. The summed E-state index contributed by atoms with van der Waals surface area (Å²) in [6.07, 6.45) is 7.20. The van der Waals surface area contributed by atoms with Gasteiger partial charge in [-0.1, -0.05) is 31.7 Å². The standard InChI is InChI=1S/C19H29N3O3S/c1-15-8-9-16(21-18(23)19(20)10-4-2-5-11-19)14-17(15)26(24,25)22-12-6-3-7-13-22/h8-9,14H,2-7,10-13,20H2,1H3,(H,21,23). The van der Waals surface area contributed by atoms with Gasteiger partial charge < -0.3 is 11.1 Å². The van der Waals surface area contributed by atoms with Crippen molar-refractivity contribution in [1.82, 2.24) is 4.31 Å². The number of aryl methyl sites for hydroxylation is 1. The van der Waals surface area contributed by atoms with Crippen molar-refractivity contribution in [3.63, 3.8) is 0 Å². The Morgan fingerprint density at radius 2 is 1.69 bits per heavy atom. The topological polar surface area (TPSA) is 92.5 Å². The molecule has 1 heterocycles. The summed E-state index contributed by atoms with van der Waals surface area (Å²) in [5, 5.41) is 2.85. The molecule has 0 aromatic heterocycles. The molecule has 2 aliphatic rings. The second kappa shape index (κ2) is 7.66. The van der Waals surface area contributed by atoms with Crippen LogP contribution in [0.2, 0.25) is 0 Å². The Morgan fingerprint density at radius 1 is 1.08 bits per heavy atom. The second-order valence-corrected chi connectivity index (χ2v) is 9.52. The molecule has 0 bridgehead atoms. The van der Waals surface area contributed by atoms with Crippen LogP contribution in [0.25, 0.3) is 0 Å². The highest BCUT2D eigenvalue weighted by molar-refractivity contribution is 7.89. The molecule has 7 heteroatoms. The van der Waals surface area contributed by atoms with Crippen LogP contribution in [0.15, 0.2) is 23.1 Å². The van der Waals surface area contributed by atoms with E-state index in [1.807, 2.05) is 0 Å². The average Bonchev–Trinajstić information content (AvgIpc) is 2.64. The minimum atomic E-state index is -3.54. The van der Waals surface area contributed by atoms with Gasteiger partial charge in [0.15, 0.2) is 0 Å². The van der Waals surface area contributed by atoms with Crippen molar-refractivity contribution in [3.05, 3.63) is 23.8 Å². The number of hydrogen-bond acceptors (Lipinski definition) is 4. The van der Waals surface area contributed by atoms with E-state index in [2.05, 4.69) is 5.32 Å². The van der Waals surface area contributed by atoms with Crippen molar-refractivity contribution in [2.75, 3.05) is 18.4 Å². The largest absolute Gasteiger partial charge is 0.324 e. The van der Waals surface area contributed by atoms with Crippen LogP contribution in [0, 0.1) is 6.92 Å². The van der Waals surface area contributed by atoms with Gasteiger partial charge in [-0.3, -0.25) is 4.79 Å². The first kappa shape index (κ1) is 19.3. The fourth-order valence-corrected chi connectivity index (χ4v) is 5.63. The summed E-state index contributed by atoms with van der Waals surface area (Å²) in [5.74, 6) is -0.220. The van der Waals surface area contributed by atoms with Crippen molar-refractivity contribution in [2.45, 2.75) is 68.7 Å². The predicted octanol–water partition coefficient (Wildman–Crippen LogP) is 2.77. The Hall–Kier alpha value is -1.44. The lowest BCUT2D eigenvalue weighted by Gasteiger charge is -2.32. The van der Waals surface area contributed by atoms with Crippen LogP contribution in [0.3, 0.4) is 0 Å². The molecule has 3 N–H and O–H groups in total. The fourth-order valence-electron chi connectivity index (χ4n) is 3.87. The highest BCUT2D eigenvalue weighted by atomic mass is 32.2. The lowest BCUT2D eigenvalue weighted by atomic mass is 9.82. The van der Waals surface area contributed by atoms with Crippen LogP contribution >= 0.6 is 0 Å². The summed E-state index contributed by atoms with van der Waals surface area (Å²) in [6, 6.07) is 5.06. The van der Waals surface area contributed by atoms with Gasteiger partial charge in [0.05, 0.1) is 10.4 Å². The Morgan fingerprint density at radius 3 is 2.35 bits per heavy atom. The molecule has 1 saturated carbocycles. The lowest BCUT2D eigenvalue weighted by Crippen LogP contribution is -2.52. The van der Waals surface area contributed by atoms with E-state index in [-0.39, 0.29) is 10.8 Å². The number of benzene rings is 1. The van der Waals surface area contributed by atoms with E-state index >= 15 is 0 Å². The molecule has 144 valence electrons. The molecule has 3 rings (SSSR count). The number of rotatable bonds is 4. The van der Waals surface area contributed by atoms with Crippen LogP contribution in [-0.2, 0) is 14.8 Å². The maximum absolute atomic E-state index is 13.0. The zero-order chi connectivity index (χ0) is 18.8. The number of nitrogens with two attached hydrogens (primary N) is 1. The van der Waals surface area contributed by atoms with Gasteiger partial charge in [0.1, 0.15) is 0 Å². The smallest absolute Gasteiger partial charge is 0.244 e. The van der Waals surface area contributed by atoms with Crippen LogP contribution < -0.4 is 11.1 Å². The number of nitrogens with one attached hydrogen (secondary N) is 1. The van der Waals surface area contributed by atoms with E-state index in [0.717, 1.165) is 38.5 Å². The monoisotopic (exact) mass is 379 g/mol. The minimum Gasteiger partial charge on any atom is -0.324 e. The number of amides is 1. The molecule has 0 spiro atoms. The first-order valence-corrected chi connectivity index (χ1v) is 11.0. The van der Waals surface area contributed by atoms with E-state index in [0.29, 0.717) is 37.2 Å². The van der Waals surface area contributed by atoms with Gasteiger partial charge >= 0.3 is 0 Å². The summed E-state index contributed by atoms with van der Waals surface area (Å²) >= 11 is 0. The Kier molecular flexibility index (Phi) is 5.69. The van der Waals surface area contributed by atoms with Gasteiger partial charge in [0.25, 0.3) is 0 Å². The molecular weight excluding hydrogens is 350 g/mol. The van der Waals surface area contributed by atoms with Gasteiger partial charge in [0, 0.05) is 18.8 Å². The number of carbonyl (C=O) groups excluding carboxylic acids is 1. The van der Waals surface area contributed by atoms with Crippen LogP contribution in [-0.4, -0.2) is 37.3 Å². The van der Waals surface area contributed by atoms with Gasteiger partial charge in [0.2, 0.25) is 15.9 Å². The van der Waals surface area contributed by atoms with E-state index in [1.54, 1.807) is 29.4 Å². The van der Waals surface area contributed by atoms with E-state index in [9.17, 15) is 13.2 Å². The molecular formula is C19H29N3O3S. The van der Waals surface area contributed by atoms with E-state index < -0.39 is 15.6 Å². The first-order chi connectivity index (χ1) is 12.3. The highest BCUT2D eigenvalue weighted by Gasteiger charge is 2.35. The molecule has 1 amide bonds. The normalized spacial score (nSPS) is 21.3. The van der Waals surface area contributed by atoms with Crippen molar-refractivity contribution in [2.24, 2.45) is 5.73 Å². The zero-order valence-corrected chi connectivity index (χ0v) is 16.3. The summed E-state index contributed by atoms with van der Waals surface area (Å²) in [7, 11) is -3.54. The van der Waals surface area contributed by atoms with E-state index in [1.165, 1.54) is 0 Å². The van der Waals surface area contributed by atoms with Crippen molar-refractivity contribution < 1.29 is 13.2 Å². The van der Waals surface area contributed by atoms with Crippen LogP contribution in [0.1, 0.15) is 56.9 Å². The molecule has 26 heavy (non-hydrogen) atoms. The molecule has 0 atom stereocenters. The summed E-state index contributed by atoms with van der Waals surface area (Å²) in [5.41, 5.74) is 6.61. The Bertz CT molecular complexity index is 764. The number of sulfonamides is 1. The number of nitrogens with zero attached hydrogens (tertiary/aromatic N) is 1. The van der Waals surface area contributed by atoms with Crippen molar-refractivity contribution >= 4 is 21.6 Å². The Labute approximate surface area is 156 Å². The summed E-state index contributed by atoms with van der Waals surface area (Å²) < 4.78 is 27.6. The second-order valence-electron chi connectivity index (χ2n) is 7.62. The molecule has 1 aromatic rings. The number of piperidine rings is 1. The van der Waals surface area contributed by atoms with Crippen LogP contribution in [0.5, 0.6) is 0 Å².